The van der Waals surface area contributed by atoms with Gasteiger partial charge in [-0.3, -0.25) is 0 Å². The molecule has 4 nitrogen and oxygen atoms in total. The molecule has 1 rings (SSSR count). The van der Waals surface area contributed by atoms with Crippen molar-refractivity contribution >= 4 is 10.0 Å². The van der Waals surface area contributed by atoms with Gasteiger partial charge < -0.3 is 4.74 Å². The Labute approximate surface area is 83.7 Å². The summed E-state index contributed by atoms with van der Waals surface area (Å²) in [5.74, 6) is 0. The third-order valence-corrected chi connectivity index (χ3v) is 2.78. The van der Waals surface area contributed by atoms with Gasteiger partial charge in [-0.15, -0.1) is 0 Å². The molecule has 0 fully saturated rings. The van der Waals surface area contributed by atoms with Gasteiger partial charge in [0.15, 0.2) is 0 Å². The highest BCUT2D eigenvalue weighted by atomic mass is 32.2. The van der Waals surface area contributed by atoms with Crippen molar-refractivity contribution in [3.63, 3.8) is 0 Å². The van der Waals surface area contributed by atoms with Crippen LogP contribution in [0.15, 0.2) is 29.2 Å². The van der Waals surface area contributed by atoms with Gasteiger partial charge in [-0.05, 0) is 24.1 Å². The minimum absolute atomic E-state index is 0.138. The zero-order chi connectivity index (χ0) is 10.6. The summed E-state index contributed by atoms with van der Waals surface area (Å²) >= 11 is 0. The largest absolute Gasteiger partial charge is 0.384 e. The van der Waals surface area contributed by atoms with Crippen LogP contribution in [0, 0.1) is 0 Å². The zero-order valence-corrected chi connectivity index (χ0v) is 8.75. The lowest BCUT2D eigenvalue weighted by Crippen LogP contribution is -2.11. The normalized spacial score (nSPS) is 11.6. The predicted octanol–water partition coefficient (Wildman–Crippen LogP) is 0.523. The average molecular weight is 215 g/mol. The van der Waals surface area contributed by atoms with Crippen LogP contribution in [-0.2, 0) is 21.2 Å². The van der Waals surface area contributed by atoms with Crippen LogP contribution in [0.5, 0.6) is 0 Å². The third-order valence-electron chi connectivity index (χ3n) is 1.85. The molecule has 0 heterocycles. The van der Waals surface area contributed by atoms with Crippen LogP contribution in [0.4, 0.5) is 0 Å². The van der Waals surface area contributed by atoms with Gasteiger partial charge in [0.2, 0.25) is 10.0 Å². The Morgan fingerprint density at radius 3 is 2.29 bits per heavy atom. The summed E-state index contributed by atoms with van der Waals surface area (Å²) in [7, 11) is -1.95. The van der Waals surface area contributed by atoms with Gasteiger partial charge in [0.05, 0.1) is 11.5 Å². The van der Waals surface area contributed by atoms with Gasteiger partial charge in [0.1, 0.15) is 0 Å². The number of hydrogen-bond acceptors (Lipinski definition) is 3. The molecule has 0 aliphatic rings. The lowest BCUT2D eigenvalue weighted by atomic mass is 10.2. The van der Waals surface area contributed by atoms with E-state index < -0.39 is 10.0 Å². The quantitative estimate of drug-likeness (QED) is 0.796. The molecule has 1 aromatic carbocycles. The summed E-state index contributed by atoms with van der Waals surface area (Å²) in [5.41, 5.74) is 1.03. The highest BCUT2D eigenvalue weighted by Gasteiger charge is 2.06. The SMILES string of the molecule is COCCc1ccc(S(N)(=O)=O)cc1. The van der Waals surface area contributed by atoms with E-state index >= 15 is 0 Å². The summed E-state index contributed by atoms with van der Waals surface area (Å²) in [6, 6.07) is 6.47. The Hall–Kier alpha value is -0.910. The number of benzene rings is 1. The molecule has 0 unspecified atom stereocenters. The Morgan fingerprint density at radius 1 is 1.29 bits per heavy atom. The van der Waals surface area contributed by atoms with Crippen molar-refractivity contribution in [2.45, 2.75) is 11.3 Å². The fourth-order valence-electron chi connectivity index (χ4n) is 1.07. The van der Waals surface area contributed by atoms with Crippen molar-refractivity contribution in [1.82, 2.24) is 0 Å². The van der Waals surface area contributed by atoms with Crippen LogP contribution in [0.3, 0.4) is 0 Å². The van der Waals surface area contributed by atoms with Gasteiger partial charge in [-0.2, -0.15) is 0 Å². The van der Waals surface area contributed by atoms with E-state index in [1.165, 1.54) is 12.1 Å². The maximum atomic E-state index is 10.9. The second kappa shape index (κ2) is 4.54. The molecule has 0 atom stereocenters. The van der Waals surface area contributed by atoms with Crippen molar-refractivity contribution in [3.8, 4) is 0 Å². The summed E-state index contributed by atoms with van der Waals surface area (Å²) in [6.45, 7) is 0.620. The highest BCUT2D eigenvalue weighted by molar-refractivity contribution is 7.89. The van der Waals surface area contributed by atoms with Crippen molar-refractivity contribution < 1.29 is 13.2 Å². The van der Waals surface area contributed by atoms with Crippen molar-refractivity contribution in [2.75, 3.05) is 13.7 Å². The van der Waals surface area contributed by atoms with E-state index in [0.717, 1.165) is 12.0 Å². The van der Waals surface area contributed by atoms with E-state index in [1.54, 1.807) is 19.2 Å². The van der Waals surface area contributed by atoms with Crippen LogP contribution in [0.2, 0.25) is 0 Å². The molecule has 0 aliphatic carbocycles. The number of sulfonamides is 1. The van der Waals surface area contributed by atoms with Crippen LogP contribution in [-0.4, -0.2) is 22.1 Å². The van der Waals surface area contributed by atoms with E-state index in [4.69, 9.17) is 9.88 Å². The number of ether oxygens (including phenoxy) is 1. The first-order valence-electron chi connectivity index (χ1n) is 4.15. The maximum absolute atomic E-state index is 10.9. The number of methoxy groups -OCH3 is 1. The van der Waals surface area contributed by atoms with Crippen molar-refractivity contribution in [3.05, 3.63) is 29.8 Å². The molecule has 5 heteroatoms. The molecule has 0 spiro atoms. The summed E-state index contributed by atoms with van der Waals surface area (Å²) in [5, 5.41) is 4.95. The van der Waals surface area contributed by atoms with Gasteiger partial charge in [0, 0.05) is 7.11 Å². The molecule has 0 bridgehead atoms. The maximum Gasteiger partial charge on any atom is 0.238 e. The minimum Gasteiger partial charge on any atom is -0.384 e. The molecule has 78 valence electrons. The molecule has 0 radical (unpaired) electrons. The number of rotatable bonds is 4. The first kappa shape index (κ1) is 11.2. The Bertz CT molecular complexity index is 383. The summed E-state index contributed by atoms with van der Waals surface area (Å²) in [4.78, 5) is 0.138. The van der Waals surface area contributed by atoms with Gasteiger partial charge in [-0.25, -0.2) is 13.6 Å². The fraction of sp³-hybridized carbons (Fsp3) is 0.333. The monoisotopic (exact) mass is 215 g/mol. The standard InChI is InChI=1S/C9H13NO3S/c1-13-7-6-8-2-4-9(5-3-8)14(10,11)12/h2-5H,6-7H2,1H3,(H2,10,11,12). The van der Waals surface area contributed by atoms with Crippen LogP contribution >= 0.6 is 0 Å². The number of nitrogens with two attached hydrogens (primary N) is 1. The second-order valence-corrected chi connectivity index (χ2v) is 4.49. The molecule has 0 saturated heterocycles. The lowest BCUT2D eigenvalue weighted by Gasteiger charge is -2.01. The van der Waals surface area contributed by atoms with Gasteiger partial charge in [-0.1, -0.05) is 12.1 Å². The topological polar surface area (TPSA) is 69.4 Å². The molecule has 0 saturated carbocycles. The molecular weight excluding hydrogens is 202 g/mol. The Morgan fingerprint density at radius 2 is 1.86 bits per heavy atom. The van der Waals surface area contributed by atoms with Crippen LogP contribution in [0.25, 0.3) is 0 Å². The van der Waals surface area contributed by atoms with Crippen LogP contribution in [0.1, 0.15) is 5.56 Å². The lowest BCUT2D eigenvalue weighted by molar-refractivity contribution is 0.202. The molecular formula is C9H13NO3S. The van der Waals surface area contributed by atoms with E-state index in [-0.39, 0.29) is 4.90 Å². The summed E-state index contributed by atoms with van der Waals surface area (Å²) < 4.78 is 26.7. The predicted molar refractivity (Wildman–Crippen MR) is 53.4 cm³/mol. The minimum atomic E-state index is -3.57. The summed E-state index contributed by atoms with van der Waals surface area (Å²) in [6.07, 6.45) is 0.765. The van der Waals surface area contributed by atoms with E-state index in [2.05, 4.69) is 0 Å². The first-order valence-corrected chi connectivity index (χ1v) is 5.69. The van der Waals surface area contributed by atoms with Crippen molar-refractivity contribution in [2.24, 2.45) is 5.14 Å². The number of primary sulfonamides is 1. The molecule has 0 amide bonds. The molecule has 0 aromatic heterocycles. The van der Waals surface area contributed by atoms with E-state index in [1.807, 2.05) is 0 Å². The first-order chi connectivity index (χ1) is 6.54. The fourth-order valence-corrected chi connectivity index (χ4v) is 1.58. The number of hydrogen-bond donors (Lipinski definition) is 1. The van der Waals surface area contributed by atoms with Crippen molar-refractivity contribution in [1.29, 1.82) is 0 Å². The Balaban J connectivity index is 2.79. The van der Waals surface area contributed by atoms with E-state index in [0.29, 0.717) is 6.61 Å². The zero-order valence-electron chi connectivity index (χ0n) is 7.93. The molecule has 2 N–H and O–H groups in total. The molecule has 14 heavy (non-hydrogen) atoms. The van der Waals surface area contributed by atoms with Crippen LogP contribution < -0.4 is 5.14 Å². The van der Waals surface area contributed by atoms with Gasteiger partial charge in [0.25, 0.3) is 0 Å². The molecule has 0 aliphatic heterocycles. The van der Waals surface area contributed by atoms with E-state index in [9.17, 15) is 8.42 Å². The smallest absolute Gasteiger partial charge is 0.238 e. The Kier molecular flexibility index (Phi) is 3.62. The second-order valence-electron chi connectivity index (χ2n) is 2.93. The average Bonchev–Trinajstić information content (AvgIpc) is 2.14. The highest BCUT2D eigenvalue weighted by Crippen LogP contribution is 2.08. The van der Waals surface area contributed by atoms with Gasteiger partial charge >= 0.3 is 0 Å². The third kappa shape index (κ3) is 3.10. The molecule has 1 aromatic rings.